The van der Waals surface area contributed by atoms with Crippen molar-refractivity contribution in [1.29, 1.82) is 0 Å². The number of nitrogens with one attached hydrogen (secondary N) is 2. The fourth-order valence-corrected chi connectivity index (χ4v) is 4.54. The van der Waals surface area contributed by atoms with E-state index < -0.39 is 55.4 Å². The van der Waals surface area contributed by atoms with Crippen molar-refractivity contribution in [3.05, 3.63) is 90.1 Å². The van der Waals surface area contributed by atoms with Crippen LogP contribution in [-0.2, 0) is 30.1 Å². The van der Waals surface area contributed by atoms with E-state index in [1.807, 2.05) is 74.5 Å². The Kier molecular flexibility index (Phi) is 9.86. The number of aliphatic carboxylic acids is 1. The lowest BCUT2D eigenvalue weighted by Gasteiger charge is -2.31. The lowest BCUT2D eigenvalue weighted by molar-refractivity contribution is -0.157. The Labute approximate surface area is 238 Å². The third-order valence-electron chi connectivity index (χ3n) is 6.51. The summed E-state index contributed by atoms with van der Waals surface area (Å²) in [6.45, 7) is 3.82. The number of hydrogen-bond acceptors (Lipinski definition) is 7. The van der Waals surface area contributed by atoms with Gasteiger partial charge in [-0.2, -0.15) is 0 Å². The average Bonchev–Trinajstić information content (AvgIpc) is 2.97. The second-order valence-electron chi connectivity index (χ2n) is 10.3. The van der Waals surface area contributed by atoms with Gasteiger partial charge in [-0.25, -0.2) is 9.78 Å². The summed E-state index contributed by atoms with van der Waals surface area (Å²) in [5, 5.41) is 15.0. The molecule has 0 saturated carbocycles. The molecule has 1 aliphatic heterocycles. The summed E-state index contributed by atoms with van der Waals surface area (Å²) in [6, 6.07) is 22.7. The first-order chi connectivity index (χ1) is 19.7. The molecule has 1 aliphatic rings. The van der Waals surface area contributed by atoms with Gasteiger partial charge in [0.25, 0.3) is 11.9 Å². The Morgan fingerprint density at radius 1 is 0.976 bits per heavy atom. The zero-order valence-corrected chi connectivity index (χ0v) is 22.9. The number of benzene rings is 2. The Balaban J connectivity index is 1.56. The van der Waals surface area contributed by atoms with Gasteiger partial charge in [0.2, 0.25) is 5.91 Å². The van der Waals surface area contributed by atoms with E-state index in [1.54, 1.807) is 18.2 Å². The lowest BCUT2D eigenvalue weighted by Crippen LogP contribution is -2.59. The van der Waals surface area contributed by atoms with Crippen LogP contribution in [0.2, 0.25) is 0 Å². The number of hydrogen-bond donors (Lipinski definition) is 3. The molecule has 10 nitrogen and oxygen atoms in total. The van der Waals surface area contributed by atoms with Gasteiger partial charge in [0.15, 0.2) is 6.10 Å². The highest BCUT2D eigenvalue weighted by Crippen LogP contribution is 2.19. The first kappa shape index (κ1) is 29.5. The molecule has 0 radical (unpaired) electrons. The number of carboxylic acids is 1. The number of carboxylic acid groups (broad SMARTS) is 1. The second-order valence-corrected chi connectivity index (χ2v) is 10.3. The molecule has 41 heavy (non-hydrogen) atoms. The topological polar surface area (TPSA) is 144 Å². The largest absolute Gasteiger partial charge is 0.551 e. The summed E-state index contributed by atoms with van der Waals surface area (Å²) in [7, 11) is -1.29. The molecule has 4 rings (SSSR count). The first-order valence-electron chi connectivity index (χ1n) is 13.4. The van der Waals surface area contributed by atoms with Gasteiger partial charge in [-0.3, -0.25) is 14.4 Å². The molecule has 2 heterocycles. The highest BCUT2D eigenvalue weighted by Gasteiger charge is 2.44. The smallest absolute Gasteiger partial charge is 0.508 e. The standard InChI is InChI=1S/C30H32BN3O7/c1-19(2)16-26(31-40-25(30(38)39)18-27(35)41-31)34-29(37)24(17-20-10-5-3-6-11-20)33-28(36)23-15-9-14-22(32-23)21-12-7-4-8-13-21/h3-15,19,24-26H,16-18H2,1-2H3,(H,33,36)(H,34,37)(H,38,39)/t24-,25-,26-/m0/s1. The van der Waals surface area contributed by atoms with Gasteiger partial charge < -0.3 is 25.0 Å². The summed E-state index contributed by atoms with van der Waals surface area (Å²) in [6.07, 6.45) is -1.29. The van der Waals surface area contributed by atoms with Crippen molar-refractivity contribution in [2.75, 3.05) is 0 Å². The van der Waals surface area contributed by atoms with Gasteiger partial charge >= 0.3 is 13.1 Å². The van der Waals surface area contributed by atoms with Crippen molar-refractivity contribution in [2.24, 2.45) is 5.92 Å². The monoisotopic (exact) mass is 557 g/mol. The summed E-state index contributed by atoms with van der Waals surface area (Å²) in [4.78, 5) is 55.2. The molecule has 2 aromatic carbocycles. The van der Waals surface area contributed by atoms with E-state index in [4.69, 9.17) is 9.31 Å². The van der Waals surface area contributed by atoms with Gasteiger partial charge in [0.05, 0.1) is 18.1 Å². The van der Waals surface area contributed by atoms with Crippen LogP contribution >= 0.6 is 0 Å². The van der Waals surface area contributed by atoms with Crippen LogP contribution in [0.15, 0.2) is 78.9 Å². The molecule has 0 spiro atoms. The number of aromatic nitrogens is 1. The zero-order valence-electron chi connectivity index (χ0n) is 22.9. The maximum absolute atomic E-state index is 13.7. The molecule has 0 unspecified atom stereocenters. The number of carbonyl (C=O) groups is 4. The van der Waals surface area contributed by atoms with Crippen LogP contribution < -0.4 is 10.6 Å². The number of rotatable bonds is 11. The molecular formula is C30H32BN3O7. The molecule has 0 bridgehead atoms. The Morgan fingerprint density at radius 2 is 1.66 bits per heavy atom. The zero-order chi connectivity index (χ0) is 29.4. The third kappa shape index (κ3) is 8.25. The molecular weight excluding hydrogens is 525 g/mol. The quantitative estimate of drug-likeness (QED) is 0.305. The minimum atomic E-state index is -1.38. The summed E-state index contributed by atoms with van der Waals surface area (Å²) in [5.41, 5.74) is 2.41. The maximum atomic E-state index is 13.7. The fraction of sp³-hybridized carbons (Fsp3) is 0.300. The SMILES string of the molecule is CC(C)C[C@H](NC(=O)[C@H](Cc1ccccc1)NC(=O)c1cccc(-c2ccccc2)n1)B1OC(=O)C[C@@H](C(=O)O)O1. The molecule has 1 saturated heterocycles. The van der Waals surface area contributed by atoms with Gasteiger partial charge in [-0.15, -0.1) is 0 Å². The number of nitrogens with zero attached hydrogens (tertiary/aromatic N) is 1. The molecule has 11 heteroatoms. The average molecular weight is 557 g/mol. The summed E-state index contributed by atoms with van der Waals surface area (Å²) >= 11 is 0. The molecule has 2 amide bonds. The summed E-state index contributed by atoms with van der Waals surface area (Å²) in [5.74, 6) is -3.89. The molecule has 1 fully saturated rings. The van der Waals surface area contributed by atoms with E-state index in [-0.39, 0.29) is 18.0 Å². The van der Waals surface area contributed by atoms with E-state index >= 15 is 0 Å². The number of carbonyl (C=O) groups excluding carboxylic acids is 3. The van der Waals surface area contributed by atoms with Crippen molar-refractivity contribution < 1.29 is 33.6 Å². The van der Waals surface area contributed by atoms with Gasteiger partial charge in [0.1, 0.15) is 11.7 Å². The van der Waals surface area contributed by atoms with Crippen molar-refractivity contribution in [1.82, 2.24) is 15.6 Å². The number of amides is 2. The van der Waals surface area contributed by atoms with Crippen LogP contribution in [0.1, 0.15) is 42.7 Å². The van der Waals surface area contributed by atoms with Crippen molar-refractivity contribution in [3.63, 3.8) is 0 Å². The predicted octanol–water partition coefficient (Wildman–Crippen LogP) is 3.06. The normalized spacial score (nSPS) is 16.4. The first-order valence-corrected chi connectivity index (χ1v) is 13.4. The highest BCUT2D eigenvalue weighted by atomic mass is 16.6. The number of pyridine rings is 1. The van der Waals surface area contributed by atoms with Gasteiger partial charge in [-0.1, -0.05) is 80.6 Å². The third-order valence-corrected chi connectivity index (χ3v) is 6.51. The Bertz CT molecular complexity index is 1370. The van der Waals surface area contributed by atoms with Crippen LogP contribution in [0.3, 0.4) is 0 Å². The Hall–Kier alpha value is -4.51. The Morgan fingerprint density at radius 3 is 2.32 bits per heavy atom. The van der Waals surface area contributed by atoms with Crippen LogP contribution in [-0.4, -0.2) is 59.0 Å². The molecule has 1 aromatic heterocycles. The van der Waals surface area contributed by atoms with Crippen LogP contribution in [0.25, 0.3) is 11.3 Å². The summed E-state index contributed by atoms with van der Waals surface area (Å²) < 4.78 is 10.8. The fourth-order valence-electron chi connectivity index (χ4n) is 4.54. The van der Waals surface area contributed by atoms with Crippen LogP contribution in [0.5, 0.6) is 0 Å². The minimum Gasteiger partial charge on any atom is -0.508 e. The van der Waals surface area contributed by atoms with Gasteiger partial charge in [-0.05, 0) is 30.0 Å². The van der Waals surface area contributed by atoms with E-state index in [0.717, 1.165) is 11.1 Å². The lowest BCUT2D eigenvalue weighted by atomic mass is 9.72. The van der Waals surface area contributed by atoms with Crippen molar-refractivity contribution in [3.8, 4) is 11.3 Å². The maximum Gasteiger partial charge on any atom is 0.551 e. The minimum absolute atomic E-state index is 0.0416. The van der Waals surface area contributed by atoms with E-state index in [9.17, 15) is 24.3 Å². The highest BCUT2D eigenvalue weighted by molar-refractivity contribution is 6.50. The second kappa shape index (κ2) is 13.7. The molecule has 3 aromatic rings. The predicted molar refractivity (Wildman–Crippen MR) is 151 cm³/mol. The molecule has 0 aliphatic carbocycles. The molecule has 212 valence electrons. The van der Waals surface area contributed by atoms with E-state index in [1.165, 1.54) is 0 Å². The van der Waals surface area contributed by atoms with Gasteiger partial charge in [0, 0.05) is 12.0 Å². The van der Waals surface area contributed by atoms with E-state index in [0.29, 0.717) is 12.1 Å². The van der Waals surface area contributed by atoms with Crippen LogP contribution in [0, 0.1) is 5.92 Å². The molecule has 3 atom stereocenters. The van der Waals surface area contributed by atoms with Crippen LogP contribution in [0.4, 0.5) is 0 Å². The van der Waals surface area contributed by atoms with Crippen molar-refractivity contribution in [2.45, 2.75) is 51.2 Å². The van der Waals surface area contributed by atoms with Crippen molar-refractivity contribution >= 4 is 30.9 Å². The molecule has 3 N–H and O–H groups in total. The van der Waals surface area contributed by atoms with E-state index in [2.05, 4.69) is 15.6 Å².